The van der Waals surface area contributed by atoms with Gasteiger partial charge in [0.05, 0.1) is 0 Å². The molecule has 0 spiro atoms. The van der Waals surface area contributed by atoms with Crippen LogP contribution in [0.4, 0.5) is 5.69 Å². The summed E-state index contributed by atoms with van der Waals surface area (Å²) in [4.78, 5) is 0. The molecule has 0 saturated carbocycles. The molecule has 1 aromatic rings. The van der Waals surface area contributed by atoms with Crippen LogP contribution in [0.3, 0.4) is 0 Å². The van der Waals surface area contributed by atoms with Gasteiger partial charge in [0.1, 0.15) is 0 Å². The fraction of sp³-hybridized carbons (Fsp3) is 0.571. The van der Waals surface area contributed by atoms with E-state index in [9.17, 15) is 0 Å². The average molecular weight is 218 g/mol. The number of hydrogen-bond acceptors (Lipinski definition) is 2. The van der Waals surface area contributed by atoms with Gasteiger partial charge < -0.3 is 11.1 Å². The van der Waals surface area contributed by atoms with E-state index in [1.807, 2.05) is 6.07 Å². The zero-order valence-electron chi connectivity index (χ0n) is 10.5. The van der Waals surface area contributed by atoms with Gasteiger partial charge in [0.15, 0.2) is 0 Å². The van der Waals surface area contributed by atoms with Crippen LogP contribution < -0.4 is 11.1 Å². The first kappa shape index (κ1) is 11.5. The molecule has 1 aliphatic rings. The summed E-state index contributed by atoms with van der Waals surface area (Å²) in [5, 5.41) is 3.58. The van der Waals surface area contributed by atoms with E-state index >= 15 is 0 Å². The van der Waals surface area contributed by atoms with Crippen molar-refractivity contribution in [1.82, 2.24) is 5.32 Å². The van der Waals surface area contributed by atoms with Gasteiger partial charge in [0, 0.05) is 17.8 Å². The second kappa shape index (κ2) is 4.46. The number of nitrogens with two attached hydrogens (primary N) is 1. The number of anilines is 1. The molecule has 2 unspecified atom stereocenters. The molecule has 0 aliphatic carbocycles. The normalized spacial score (nSPS) is 30.3. The van der Waals surface area contributed by atoms with Gasteiger partial charge in [-0.05, 0) is 62.8 Å². The van der Waals surface area contributed by atoms with E-state index in [0.29, 0.717) is 18.0 Å². The van der Waals surface area contributed by atoms with Crippen LogP contribution in [-0.2, 0) is 0 Å². The highest BCUT2D eigenvalue weighted by molar-refractivity contribution is 5.46. The molecule has 1 aromatic carbocycles. The molecule has 16 heavy (non-hydrogen) atoms. The molecule has 0 amide bonds. The Kier molecular flexibility index (Phi) is 3.20. The van der Waals surface area contributed by atoms with E-state index in [0.717, 1.165) is 5.69 Å². The van der Waals surface area contributed by atoms with Gasteiger partial charge in [0.2, 0.25) is 0 Å². The summed E-state index contributed by atoms with van der Waals surface area (Å²) < 4.78 is 0. The van der Waals surface area contributed by atoms with Crippen LogP contribution >= 0.6 is 0 Å². The maximum absolute atomic E-state index is 5.89. The van der Waals surface area contributed by atoms with E-state index < -0.39 is 0 Å². The van der Waals surface area contributed by atoms with Crippen molar-refractivity contribution in [2.45, 2.75) is 51.6 Å². The van der Waals surface area contributed by atoms with E-state index in [2.05, 4.69) is 38.2 Å². The minimum Gasteiger partial charge on any atom is -0.399 e. The number of aryl methyl sites for hydroxylation is 1. The van der Waals surface area contributed by atoms with Crippen LogP contribution in [0.1, 0.15) is 43.7 Å². The summed E-state index contributed by atoms with van der Waals surface area (Å²) in [5.41, 5.74) is 9.60. The van der Waals surface area contributed by atoms with Crippen molar-refractivity contribution < 1.29 is 0 Å². The molecule has 1 saturated heterocycles. The van der Waals surface area contributed by atoms with Crippen molar-refractivity contribution >= 4 is 5.69 Å². The molecule has 2 atom stereocenters. The minimum absolute atomic E-state index is 0.606. The Balaban J connectivity index is 2.25. The molecule has 1 aliphatic heterocycles. The maximum Gasteiger partial charge on any atom is 0.0317 e. The number of nitrogen functional groups attached to an aromatic ring is 1. The molecule has 0 radical (unpaired) electrons. The lowest BCUT2D eigenvalue weighted by Gasteiger charge is -2.34. The zero-order valence-corrected chi connectivity index (χ0v) is 10.5. The number of rotatable bonds is 1. The van der Waals surface area contributed by atoms with Gasteiger partial charge in [-0.3, -0.25) is 0 Å². The van der Waals surface area contributed by atoms with Crippen LogP contribution in [0.2, 0.25) is 0 Å². The quantitative estimate of drug-likeness (QED) is 0.711. The fourth-order valence-electron chi connectivity index (χ4n) is 2.92. The van der Waals surface area contributed by atoms with Crippen LogP contribution in [-0.4, -0.2) is 12.1 Å². The van der Waals surface area contributed by atoms with Crippen LogP contribution in [0.15, 0.2) is 18.2 Å². The first-order valence-electron chi connectivity index (χ1n) is 6.18. The second-order valence-electron chi connectivity index (χ2n) is 5.25. The van der Waals surface area contributed by atoms with E-state index in [4.69, 9.17) is 5.73 Å². The number of nitrogens with one attached hydrogen (secondary N) is 1. The summed E-state index contributed by atoms with van der Waals surface area (Å²) in [6.07, 6.45) is 2.43. The largest absolute Gasteiger partial charge is 0.399 e. The van der Waals surface area contributed by atoms with Crippen molar-refractivity contribution in [1.29, 1.82) is 0 Å². The summed E-state index contributed by atoms with van der Waals surface area (Å²) in [5.74, 6) is 0.662. The van der Waals surface area contributed by atoms with Gasteiger partial charge in [-0.1, -0.05) is 6.07 Å². The van der Waals surface area contributed by atoms with Gasteiger partial charge in [0.25, 0.3) is 0 Å². The minimum atomic E-state index is 0.606. The smallest absolute Gasteiger partial charge is 0.0317 e. The molecule has 2 nitrogen and oxygen atoms in total. The SMILES string of the molecule is Cc1ccc(N)cc1C1CC(C)NC(C)C1. The highest BCUT2D eigenvalue weighted by atomic mass is 14.9. The highest BCUT2D eigenvalue weighted by Crippen LogP contribution is 2.33. The van der Waals surface area contributed by atoms with Crippen molar-refractivity contribution in [3.05, 3.63) is 29.3 Å². The predicted octanol–water partition coefficient (Wildman–Crippen LogP) is 2.82. The molecular weight excluding hydrogens is 196 g/mol. The zero-order chi connectivity index (χ0) is 11.7. The summed E-state index contributed by atoms with van der Waals surface area (Å²) in [6.45, 7) is 6.72. The number of hydrogen-bond donors (Lipinski definition) is 2. The topological polar surface area (TPSA) is 38.0 Å². The Morgan fingerprint density at radius 2 is 1.81 bits per heavy atom. The molecule has 1 fully saturated rings. The lowest BCUT2D eigenvalue weighted by Crippen LogP contribution is -2.41. The van der Waals surface area contributed by atoms with E-state index in [1.54, 1.807) is 0 Å². The molecular formula is C14H22N2. The molecule has 1 heterocycles. The maximum atomic E-state index is 5.89. The molecule has 3 N–H and O–H groups in total. The predicted molar refractivity (Wildman–Crippen MR) is 69.6 cm³/mol. The Hall–Kier alpha value is -1.02. The summed E-state index contributed by atoms with van der Waals surface area (Å²) >= 11 is 0. The average Bonchev–Trinajstić information content (AvgIpc) is 2.20. The summed E-state index contributed by atoms with van der Waals surface area (Å²) in [7, 11) is 0. The van der Waals surface area contributed by atoms with Crippen molar-refractivity contribution in [3.8, 4) is 0 Å². The lowest BCUT2D eigenvalue weighted by atomic mass is 9.82. The fourth-order valence-corrected chi connectivity index (χ4v) is 2.92. The third-order valence-corrected chi connectivity index (χ3v) is 3.59. The molecule has 2 rings (SSSR count). The molecule has 0 aromatic heterocycles. The van der Waals surface area contributed by atoms with E-state index in [1.165, 1.54) is 24.0 Å². The summed E-state index contributed by atoms with van der Waals surface area (Å²) in [6, 6.07) is 7.50. The van der Waals surface area contributed by atoms with Crippen LogP contribution in [0, 0.1) is 6.92 Å². The van der Waals surface area contributed by atoms with Crippen molar-refractivity contribution in [3.63, 3.8) is 0 Å². The number of piperidine rings is 1. The van der Waals surface area contributed by atoms with Gasteiger partial charge in [-0.25, -0.2) is 0 Å². The molecule has 0 bridgehead atoms. The highest BCUT2D eigenvalue weighted by Gasteiger charge is 2.25. The van der Waals surface area contributed by atoms with Gasteiger partial charge in [-0.2, -0.15) is 0 Å². The standard InChI is InChI=1S/C14H22N2/c1-9-4-5-13(15)8-14(9)12-6-10(2)16-11(3)7-12/h4-5,8,10-12,16H,6-7,15H2,1-3H3. The first-order valence-corrected chi connectivity index (χ1v) is 6.18. The van der Waals surface area contributed by atoms with Gasteiger partial charge >= 0.3 is 0 Å². The monoisotopic (exact) mass is 218 g/mol. The Labute approximate surface area is 98.2 Å². The third kappa shape index (κ3) is 2.38. The molecule has 88 valence electrons. The van der Waals surface area contributed by atoms with E-state index in [-0.39, 0.29) is 0 Å². The Morgan fingerprint density at radius 1 is 1.19 bits per heavy atom. The Morgan fingerprint density at radius 3 is 2.44 bits per heavy atom. The van der Waals surface area contributed by atoms with Crippen molar-refractivity contribution in [2.75, 3.05) is 5.73 Å². The Bertz CT molecular complexity index is 363. The molecule has 2 heteroatoms. The lowest BCUT2D eigenvalue weighted by molar-refractivity contribution is 0.316. The second-order valence-corrected chi connectivity index (χ2v) is 5.25. The van der Waals surface area contributed by atoms with Crippen LogP contribution in [0.25, 0.3) is 0 Å². The third-order valence-electron chi connectivity index (χ3n) is 3.59. The van der Waals surface area contributed by atoms with Crippen molar-refractivity contribution in [2.24, 2.45) is 0 Å². The first-order chi connectivity index (χ1) is 7.56. The van der Waals surface area contributed by atoms with Gasteiger partial charge in [-0.15, -0.1) is 0 Å². The number of benzene rings is 1. The van der Waals surface area contributed by atoms with Crippen LogP contribution in [0.5, 0.6) is 0 Å².